The number of nitrogens with zero attached hydrogens (tertiary/aromatic N) is 1. The highest BCUT2D eigenvalue weighted by Gasteiger charge is 2.34. The molecule has 0 bridgehead atoms. The molecule has 0 radical (unpaired) electrons. The second kappa shape index (κ2) is 7.22. The first kappa shape index (κ1) is 16.2. The molecule has 0 aromatic heterocycles. The van der Waals surface area contributed by atoms with E-state index in [-0.39, 0.29) is 12.1 Å². The number of likely N-dealkylation sites (tertiary alicyclic amines) is 1. The molecule has 0 amide bonds. The first-order chi connectivity index (χ1) is 9.98. The molecule has 0 atom stereocenters. The molecule has 21 heavy (non-hydrogen) atoms. The van der Waals surface area contributed by atoms with E-state index in [1.165, 1.54) is 25.0 Å². The standard InChI is InChI=1S/C15H20F4N2/c16-14-12(5-3-6-13(14)15(17,18)19)11-20-7-4-10-21-8-1-2-9-21/h3,5-6,20H,1-2,4,7-11H2. The number of nitrogens with one attached hydrogen (secondary N) is 1. The Balaban J connectivity index is 1.77. The van der Waals surface area contributed by atoms with Gasteiger partial charge in [0.05, 0.1) is 5.56 Å². The zero-order valence-electron chi connectivity index (χ0n) is 11.8. The molecule has 2 rings (SSSR count). The van der Waals surface area contributed by atoms with E-state index in [0.717, 1.165) is 32.1 Å². The third kappa shape index (κ3) is 4.68. The lowest BCUT2D eigenvalue weighted by Gasteiger charge is -2.15. The minimum absolute atomic E-state index is 0.0611. The summed E-state index contributed by atoms with van der Waals surface area (Å²) in [5, 5.41) is 3.01. The lowest BCUT2D eigenvalue weighted by Crippen LogP contribution is -2.25. The van der Waals surface area contributed by atoms with Crippen molar-refractivity contribution in [3.05, 3.63) is 35.1 Å². The number of benzene rings is 1. The van der Waals surface area contributed by atoms with E-state index in [9.17, 15) is 17.6 Å². The van der Waals surface area contributed by atoms with E-state index in [4.69, 9.17) is 0 Å². The molecule has 1 fully saturated rings. The minimum Gasteiger partial charge on any atom is -0.313 e. The van der Waals surface area contributed by atoms with Crippen molar-refractivity contribution in [2.24, 2.45) is 0 Å². The van der Waals surface area contributed by atoms with Crippen LogP contribution >= 0.6 is 0 Å². The number of hydrogen-bond donors (Lipinski definition) is 1. The predicted molar refractivity (Wildman–Crippen MR) is 73.4 cm³/mol. The van der Waals surface area contributed by atoms with Gasteiger partial charge in [0.15, 0.2) is 0 Å². The number of halogens is 4. The number of rotatable bonds is 6. The van der Waals surface area contributed by atoms with Gasteiger partial charge in [-0.3, -0.25) is 0 Å². The van der Waals surface area contributed by atoms with Gasteiger partial charge in [-0.25, -0.2) is 4.39 Å². The van der Waals surface area contributed by atoms with Crippen LogP contribution in [0.3, 0.4) is 0 Å². The number of alkyl halides is 3. The molecule has 2 nitrogen and oxygen atoms in total. The van der Waals surface area contributed by atoms with E-state index in [0.29, 0.717) is 6.54 Å². The zero-order valence-corrected chi connectivity index (χ0v) is 11.8. The maximum Gasteiger partial charge on any atom is 0.419 e. The van der Waals surface area contributed by atoms with Gasteiger partial charge in [0.25, 0.3) is 0 Å². The van der Waals surface area contributed by atoms with Gasteiger partial charge in [0.2, 0.25) is 0 Å². The van der Waals surface area contributed by atoms with Gasteiger partial charge in [-0.15, -0.1) is 0 Å². The molecule has 1 aromatic carbocycles. The maximum atomic E-state index is 13.8. The quantitative estimate of drug-likeness (QED) is 0.640. The smallest absolute Gasteiger partial charge is 0.313 e. The van der Waals surface area contributed by atoms with Crippen LogP contribution in [0.25, 0.3) is 0 Å². The predicted octanol–water partition coefficient (Wildman–Crippen LogP) is 3.42. The van der Waals surface area contributed by atoms with Crippen LogP contribution in [-0.4, -0.2) is 31.1 Å². The fourth-order valence-corrected chi connectivity index (χ4v) is 2.59. The molecular weight excluding hydrogens is 284 g/mol. The Morgan fingerprint density at radius 2 is 1.86 bits per heavy atom. The van der Waals surface area contributed by atoms with Crippen molar-refractivity contribution in [2.75, 3.05) is 26.2 Å². The second-order valence-electron chi connectivity index (χ2n) is 5.36. The van der Waals surface area contributed by atoms with Gasteiger partial charge in [-0.05, 0) is 51.5 Å². The van der Waals surface area contributed by atoms with Gasteiger partial charge in [-0.1, -0.05) is 12.1 Å². The van der Waals surface area contributed by atoms with Crippen molar-refractivity contribution in [1.29, 1.82) is 0 Å². The zero-order chi connectivity index (χ0) is 15.3. The average molecular weight is 304 g/mol. The van der Waals surface area contributed by atoms with Crippen molar-refractivity contribution >= 4 is 0 Å². The van der Waals surface area contributed by atoms with E-state index in [2.05, 4.69) is 10.2 Å². The SMILES string of the molecule is Fc1c(CNCCCN2CCCC2)cccc1C(F)(F)F. The fraction of sp³-hybridized carbons (Fsp3) is 0.600. The Morgan fingerprint density at radius 1 is 1.14 bits per heavy atom. The van der Waals surface area contributed by atoms with Gasteiger partial charge in [0.1, 0.15) is 5.82 Å². The van der Waals surface area contributed by atoms with Crippen LogP contribution in [0.5, 0.6) is 0 Å². The summed E-state index contributed by atoms with van der Waals surface area (Å²) in [6.45, 7) is 4.03. The summed E-state index contributed by atoms with van der Waals surface area (Å²) in [7, 11) is 0. The molecule has 1 aromatic rings. The Hall–Kier alpha value is -1.14. The lowest BCUT2D eigenvalue weighted by atomic mass is 10.1. The molecule has 0 saturated carbocycles. The first-order valence-corrected chi connectivity index (χ1v) is 7.26. The highest BCUT2D eigenvalue weighted by atomic mass is 19.4. The summed E-state index contributed by atoms with van der Waals surface area (Å²) in [6.07, 6.45) is -1.25. The Labute approximate surface area is 122 Å². The Bertz CT molecular complexity index is 453. The van der Waals surface area contributed by atoms with Crippen molar-refractivity contribution < 1.29 is 17.6 Å². The third-order valence-electron chi connectivity index (χ3n) is 3.73. The van der Waals surface area contributed by atoms with E-state index in [1.807, 2.05) is 0 Å². The van der Waals surface area contributed by atoms with E-state index >= 15 is 0 Å². The molecule has 0 spiro atoms. The molecule has 1 saturated heterocycles. The van der Waals surface area contributed by atoms with Crippen LogP contribution < -0.4 is 5.32 Å². The van der Waals surface area contributed by atoms with Crippen molar-refractivity contribution in [2.45, 2.75) is 32.0 Å². The molecule has 0 aliphatic carbocycles. The van der Waals surface area contributed by atoms with E-state index in [1.54, 1.807) is 0 Å². The van der Waals surface area contributed by atoms with Crippen molar-refractivity contribution in [3.8, 4) is 0 Å². The van der Waals surface area contributed by atoms with E-state index < -0.39 is 17.6 Å². The fourth-order valence-electron chi connectivity index (χ4n) is 2.59. The van der Waals surface area contributed by atoms with Crippen molar-refractivity contribution in [3.63, 3.8) is 0 Å². The molecule has 6 heteroatoms. The van der Waals surface area contributed by atoms with Gasteiger partial charge in [0, 0.05) is 12.1 Å². The van der Waals surface area contributed by atoms with Gasteiger partial charge < -0.3 is 10.2 Å². The summed E-state index contributed by atoms with van der Waals surface area (Å²) < 4.78 is 51.5. The van der Waals surface area contributed by atoms with Crippen molar-refractivity contribution in [1.82, 2.24) is 10.2 Å². The molecule has 1 aliphatic rings. The third-order valence-corrected chi connectivity index (χ3v) is 3.73. The highest BCUT2D eigenvalue weighted by molar-refractivity contribution is 5.28. The monoisotopic (exact) mass is 304 g/mol. The summed E-state index contributed by atoms with van der Waals surface area (Å²) >= 11 is 0. The largest absolute Gasteiger partial charge is 0.419 e. The molecule has 1 heterocycles. The van der Waals surface area contributed by atoms with Crippen LogP contribution in [-0.2, 0) is 12.7 Å². The lowest BCUT2D eigenvalue weighted by molar-refractivity contribution is -0.140. The summed E-state index contributed by atoms with van der Waals surface area (Å²) in [4.78, 5) is 2.37. The maximum absolute atomic E-state index is 13.8. The molecule has 1 aliphatic heterocycles. The number of hydrogen-bond acceptors (Lipinski definition) is 2. The van der Waals surface area contributed by atoms with Gasteiger partial charge >= 0.3 is 6.18 Å². The molecule has 0 unspecified atom stereocenters. The summed E-state index contributed by atoms with van der Waals surface area (Å²) in [6, 6.07) is 3.40. The van der Waals surface area contributed by atoms with Crippen LogP contribution in [0, 0.1) is 5.82 Å². The highest BCUT2D eigenvalue weighted by Crippen LogP contribution is 2.32. The second-order valence-corrected chi connectivity index (χ2v) is 5.36. The Kier molecular flexibility index (Phi) is 5.58. The minimum atomic E-state index is -4.64. The molecule has 118 valence electrons. The summed E-state index contributed by atoms with van der Waals surface area (Å²) in [5.74, 6) is -1.17. The molecule has 1 N–H and O–H groups in total. The topological polar surface area (TPSA) is 15.3 Å². The molecular formula is C15H20F4N2. The normalized spacial score (nSPS) is 16.6. The average Bonchev–Trinajstić information content (AvgIpc) is 2.92. The van der Waals surface area contributed by atoms with Gasteiger partial charge in [-0.2, -0.15) is 13.2 Å². The van der Waals surface area contributed by atoms with Crippen LogP contribution in [0.4, 0.5) is 17.6 Å². The first-order valence-electron chi connectivity index (χ1n) is 7.26. The van der Waals surface area contributed by atoms with Crippen LogP contribution in [0.2, 0.25) is 0 Å². The van der Waals surface area contributed by atoms with Crippen LogP contribution in [0.15, 0.2) is 18.2 Å². The summed E-state index contributed by atoms with van der Waals surface area (Å²) in [5.41, 5.74) is -1.13. The Morgan fingerprint density at radius 3 is 2.52 bits per heavy atom. The van der Waals surface area contributed by atoms with Crippen LogP contribution in [0.1, 0.15) is 30.4 Å².